The van der Waals surface area contributed by atoms with Crippen LogP contribution >= 0.6 is 0 Å². The van der Waals surface area contributed by atoms with E-state index in [0.717, 1.165) is 0 Å². The molecule has 26 heavy (non-hydrogen) atoms. The van der Waals surface area contributed by atoms with Crippen molar-refractivity contribution in [1.29, 1.82) is 0 Å². The fourth-order valence-corrected chi connectivity index (χ4v) is 5.06. The van der Waals surface area contributed by atoms with E-state index in [9.17, 15) is 39.6 Å². The Bertz CT molecular complexity index is 578. The number of carbonyl (C=O) groups is 4. The molecule has 1 aliphatic carbocycles. The minimum Gasteiger partial charge on any atom is -0.480 e. The highest BCUT2D eigenvalue weighted by Gasteiger charge is 2.68. The fourth-order valence-electron chi connectivity index (χ4n) is 5.06. The van der Waals surface area contributed by atoms with Crippen molar-refractivity contribution < 1.29 is 39.6 Å². The summed E-state index contributed by atoms with van der Waals surface area (Å²) in [5.74, 6) is -10.6. The molecule has 0 radical (unpaired) electrons. The lowest BCUT2D eigenvalue weighted by atomic mass is 9.54. The zero-order chi connectivity index (χ0) is 20.6. The van der Waals surface area contributed by atoms with Crippen molar-refractivity contribution in [1.82, 2.24) is 0 Å². The van der Waals surface area contributed by atoms with Gasteiger partial charge < -0.3 is 20.4 Å². The minimum atomic E-state index is -2.26. The molecule has 4 N–H and O–H groups in total. The van der Waals surface area contributed by atoms with Crippen molar-refractivity contribution in [2.75, 3.05) is 0 Å². The van der Waals surface area contributed by atoms with Crippen molar-refractivity contribution in [2.45, 2.75) is 47.5 Å². The number of carboxylic acid groups (broad SMARTS) is 4. The Balaban J connectivity index is 3.82. The molecule has 0 aromatic rings. The van der Waals surface area contributed by atoms with Crippen molar-refractivity contribution in [3.63, 3.8) is 0 Å². The number of carboxylic acids is 4. The molecule has 0 spiro atoms. The van der Waals surface area contributed by atoms with Crippen LogP contribution in [0.25, 0.3) is 0 Å². The molecule has 0 bridgehead atoms. The van der Waals surface area contributed by atoms with Gasteiger partial charge in [-0.15, -0.1) is 0 Å². The van der Waals surface area contributed by atoms with Gasteiger partial charge in [0.15, 0.2) is 10.8 Å². The van der Waals surface area contributed by atoms with Crippen LogP contribution in [0.15, 0.2) is 0 Å². The van der Waals surface area contributed by atoms with E-state index in [2.05, 4.69) is 0 Å². The molecule has 1 rings (SSSR count). The molecule has 8 heteroatoms. The maximum atomic E-state index is 12.1. The molecule has 148 valence electrons. The van der Waals surface area contributed by atoms with Gasteiger partial charge in [0, 0.05) is 0 Å². The number of rotatable bonds is 8. The summed E-state index contributed by atoms with van der Waals surface area (Å²) in [5.41, 5.74) is -4.51. The summed E-state index contributed by atoms with van der Waals surface area (Å²) in [6.45, 7) is 7.51. The molecule has 8 nitrogen and oxygen atoms in total. The van der Waals surface area contributed by atoms with E-state index in [1.807, 2.05) is 0 Å². The highest BCUT2D eigenvalue weighted by Crippen LogP contribution is 2.58. The molecule has 0 aromatic heterocycles. The standard InChI is InChI=1S/C18H28O8/c1-8(2)17(13(19)20,14(21)22)11-7-6-10(5)12(11)18(9(3)4,15(23)24)16(25)26/h8-12H,6-7H2,1-5H3,(H,19,20)(H,21,22)(H,23,24)(H,25,26). The van der Waals surface area contributed by atoms with Gasteiger partial charge in [0.05, 0.1) is 0 Å². The van der Waals surface area contributed by atoms with E-state index in [4.69, 9.17) is 0 Å². The van der Waals surface area contributed by atoms with Gasteiger partial charge in [-0.2, -0.15) is 0 Å². The largest absolute Gasteiger partial charge is 0.480 e. The van der Waals surface area contributed by atoms with Crippen molar-refractivity contribution in [3.8, 4) is 0 Å². The van der Waals surface area contributed by atoms with Crippen molar-refractivity contribution >= 4 is 23.9 Å². The van der Waals surface area contributed by atoms with Gasteiger partial charge in [-0.3, -0.25) is 19.2 Å². The zero-order valence-corrected chi connectivity index (χ0v) is 15.7. The van der Waals surface area contributed by atoms with Gasteiger partial charge in [-0.1, -0.05) is 41.0 Å². The summed E-state index contributed by atoms with van der Waals surface area (Å²) in [7, 11) is 0. The number of hydrogen-bond donors (Lipinski definition) is 4. The average molecular weight is 372 g/mol. The molecule has 0 amide bonds. The van der Waals surface area contributed by atoms with Crippen LogP contribution in [-0.2, 0) is 19.2 Å². The fraction of sp³-hybridized carbons (Fsp3) is 0.778. The van der Waals surface area contributed by atoms with Crippen LogP contribution in [0.4, 0.5) is 0 Å². The smallest absolute Gasteiger partial charge is 0.321 e. The third-order valence-electron chi connectivity index (χ3n) is 6.33. The predicted molar refractivity (Wildman–Crippen MR) is 90.5 cm³/mol. The first-order chi connectivity index (χ1) is 11.8. The van der Waals surface area contributed by atoms with Crippen LogP contribution in [0, 0.1) is 40.4 Å². The molecule has 0 aromatic carbocycles. The van der Waals surface area contributed by atoms with Gasteiger partial charge >= 0.3 is 23.9 Å². The lowest BCUT2D eigenvalue weighted by Crippen LogP contribution is -2.59. The molecule has 3 atom stereocenters. The Morgan fingerprint density at radius 2 is 1.08 bits per heavy atom. The summed E-state index contributed by atoms with van der Waals surface area (Å²) >= 11 is 0. The van der Waals surface area contributed by atoms with Gasteiger partial charge in [0.25, 0.3) is 0 Å². The monoisotopic (exact) mass is 372 g/mol. The van der Waals surface area contributed by atoms with E-state index < -0.39 is 64.3 Å². The SMILES string of the molecule is CC1CCC(C(C(=O)O)(C(=O)O)C(C)C)C1C(C(=O)O)(C(=O)O)C(C)C. The Morgan fingerprint density at radius 1 is 0.731 bits per heavy atom. The number of hydrogen-bond acceptors (Lipinski definition) is 4. The van der Waals surface area contributed by atoms with E-state index in [0.29, 0.717) is 6.42 Å². The highest BCUT2D eigenvalue weighted by atomic mass is 16.4. The second kappa shape index (κ2) is 7.25. The lowest BCUT2D eigenvalue weighted by Gasteiger charge is -2.45. The van der Waals surface area contributed by atoms with Gasteiger partial charge in [0.1, 0.15) is 0 Å². The van der Waals surface area contributed by atoms with Crippen LogP contribution < -0.4 is 0 Å². The second-order valence-electron chi connectivity index (χ2n) is 7.95. The minimum absolute atomic E-state index is 0.150. The van der Waals surface area contributed by atoms with Crippen molar-refractivity contribution in [3.05, 3.63) is 0 Å². The first kappa shape index (κ1) is 21.9. The summed E-state index contributed by atoms with van der Waals surface area (Å²) in [5, 5.41) is 39.4. The summed E-state index contributed by atoms with van der Waals surface area (Å²) in [4.78, 5) is 48.5. The van der Waals surface area contributed by atoms with E-state index in [-0.39, 0.29) is 6.42 Å². The quantitative estimate of drug-likeness (QED) is 0.474. The van der Waals surface area contributed by atoms with Gasteiger partial charge in [-0.05, 0) is 36.0 Å². The molecular formula is C18H28O8. The van der Waals surface area contributed by atoms with Crippen LogP contribution in [0.1, 0.15) is 47.5 Å². The Labute approximate surface area is 152 Å². The third-order valence-corrected chi connectivity index (χ3v) is 6.33. The molecule has 0 saturated heterocycles. The van der Waals surface area contributed by atoms with Crippen LogP contribution in [0.2, 0.25) is 0 Å². The lowest BCUT2D eigenvalue weighted by molar-refractivity contribution is -0.190. The maximum Gasteiger partial charge on any atom is 0.321 e. The molecule has 0 aliphatic heterocycles. The molecule has 1 aliphatic rings. The van der Waals surface area contributed by atoms with Crippen LogP contribution in [0.5, 0.6) is 0 Å². The van der Waals surface area contributed by atoms with Gasteiger partial charge in [-0.25, -0.2) is 0 Å². The first-order valence-corrected chi connectivity index (χ1v) is 8.74. The number of aliphatic carboxylic acids is 4. The Kier molecular flexibility index (Phi) is 6.11. The average Bonchev–Trinajstić information content (AvgIpc) is 2.81. The van der Waals surface area contributed by atoms with Crippen molar-refractivity contribution in [2.24, 2.45) is 40.4 Å². The zero-order valence-electron chi connectivity index (χ0n) is 15.7. The molecule has 1 saturated carbocycles. The molecule has 0 heterocycles. The third kappa shape index (κ3) is 2.75. The van der Waals surface area contributed by atoms with E-state index >= 15 is 0 Å². The molecular weight excluding hydrogens is 344 g/mol. The predicted octanol–water partition coefficient (Wildman–Crippen LogP) is 2.27. The first-order valence-electron chi connectivity index (χ1n) is 8.74. The Morgan fingerprint density at radius 3 is 1.35 bits per heavy atom. The summed E-state index contributed by atoms with van der Waals surface area (Å²) in [6, 6.07) is 0. The van der Waals surface area contributed by atoms with Gasteiger partial charge in [0.2, 0.25) is 0 Å². The molecule has 1 fully saturated rings. The van der Waals surface area contributed by atoms with E-state index in [1.54, 1.807) is 6.92 Å². The van der Waals surface area contributed by atoms with Crippen LogP contribution in [0.3, 0.4) is 0 Å². The normalized spacial score (nSPS) is 24.0. The summed E-state index contributed by atoms with van der Waals surface area (Å²) in [6.07, 6.45) is 0.525. The summed E-state index contributed by atoms with van der Waals surface area (Å²) < 4.78 is 0. The topological polar surface area (TPSA) is 149 Å². The second-order valence-corrected chi connectivity index (χ2v) is 7.95. The Hall–Kier alpha value is -2.12. The molecule has 3 unspecified atom stereocenters. The van der Waals surface area contributed by atoms with Crippen LogP contribution in [-0.4, -0.2) is 44.3 Å². The highest BCUT2D eigenvalue weighted by molar-refractivity contribution is 6.01. The van der Waals surface area contributed by atoms with E-state index in [1.165, 1.54) is 27.7 Å². The maximum absolute atomic E-state index is 12.1.